The van der Waals surface area contributed by atoms with Crippen LogP contribution in [0.25, 0.3) is 0 Å². The van der Waals surface area contributed by atoms with Gasteiger partial charge in [-0.2, -0.15) is 0 Å². The predicted molar refractivity (Wildman–Crippen MR) is 83.3 cm³/mol. The molecule has 2 rings (SSSR count). The van der Waals surface area contributed by atoms with Crippen molar-refractivity contribution in [3.63, 3.8) is 0 Å². The van der Waals surface area contributed by atoms with Crippen LogP contribution >= 0.6 is 0 Å². The number of aromatic nitrogens is 1. The molecule has 0 aliphatic heterocycles. The molecule has 2 aromatic heterocycles. The molecule has 0 radical (unpaired) electrons. The van der Waals surface area contributed by atoms with Crippen molar-refractivity contribution in [2.75, 3.05) is 0 Å². The van der Waals surface area contributed by atoms with Gasteiger partial charge in [-0.1, -0.05) is 0 Å². The van der Waals surface area contributed by atoms with Crippen LogP contribution in [0, 0.1) is 13.8 Å². The molecule has 0 saturated carbocycles. The highest BCUT2D eigenvalue weighted by Gasteiger charge is 2.13. The van der Waals surface area contributed by atoms with Gasteiger partial charge in [-0.15, -0.1) is 0 Å². The Kier molecular flexibility index (Phi) is 4.68. The van der Waals surface area contributed by atoms with Gasteiger partial charge in [0, 0.05) is 11.7 Å². The lowest BCUT2D eigenvalue weighted by atomic mass is 10.1. The predicted octanol–water partition coefficient (Wildman–Crippen LogP) is 3.76. The highest BCUT2D eigenvalue weighted by atomic mass is 16.5. The van der Waals surface area contributed by atoms with Gasteiger partial charge in [0.15, 0.2) is 0 Å². The number of nitrogens with zero attached hydrogens (tertiary/aromatic N) is 1. The fourth-order valence-electron chi connectivity index (χ4n) is 1.95. The van der Waals surface area contributed by atoms with E-state index in [0.29, 0.717) is 6.61 Å². The molecule has 4 heteroatoms. The zero-order valence-corrected chi connectivity index (χ0v) is 13.5. The molecule has 21 heavy (non-hydrogen) atoms. The minimum atomic E-state index is 0.0721. The number of pyridine rings is 1. The third-order valence-electron chi connectivity index (χ3n) is 3.18. The summed E-state index contributed by atoms with van der Waals surface area (Å²) in [6.07, 6.45) is 1.76. The van der Waals surface area contributed by atoms with Crippen molar-refractivity contribution in [3.05, 3.63) is 47.2 Å². The first kappa shape index (κ1) is 15.6. The second kappa shape index (κ2) is 6.31. The Balaban J connectivity index is 1.97. The van der Waals surface area contributed by atoms with E-state index in [9.17, 15) is 0 Å². The topological polar surface area (TPSA) is 47.3 Å². The van der Waals surface area contributed by atoms with Crippen LogP contribution in [0.4, 0.5) is 0 Å². The maximum absolute atomic E-state index is 5.86. The third-order valence-corrected chi connectivity index (χ3v) is 3.18. The van der Waals surface area contributed by atoms with Gasteiger partial charge in [0.05, 0.1) is 12.2 Å². The van der Waals surface area contributed by atoms with Gasteiger partial charge in [-0.05, 0) is 58.4 Å². The Bertz CT molecular complexity index is 597. The normalized spacial score (nSPS) is 11.7. The van der Waals surface area contributed by atoms with Gasteiger partial charge in [0.25, 0.3) is 0 Å². The lowest BCUT2D eigenvalue weighted by Gasteiger charge is -2.19. The first-order valence-corrected chi connectivity index (χ1v) is 7.23. The van der Waals surface area contributed by atoms with Crippen molar-refractivity contribution in [1.29, 1.82) is 0 Å². The minimum Gasteiger partial charge on any atom is -0.484 e. The number of nitrogens with one attached hydrogen (secondary N) is 1. The molecule has 0 amide bonds. The molecule has 4 nitrogen and oxygen atoms in total. The average Bonchev–Trinajstić information content (AvgIpc) is 2.75. The van der Waals surface area contributed by atoms with E-state index in [1.54, 1.807) is 6.20 Å². The summed E-state index contributed by atoms with van der Waals surface area (Å²) in [5.74, 6) is 2.59. The monoisotopic (exact) mass is 288 g/mol. The van der Waals surface area contributed by atoms with Crippen molar-refractivity contribution >= 4 is 0 Å². The summed E-state index contributed by atoms with van der Waals surface area (Å²) < 4.78 is 11.6. The summed E-state index contributed by atoms with van der Waals surface area (Å²) in [7, 11) is 0. The van der Waals surface area contributed by atoms with Crippen LogP contribution < -0.4 is 10.1 Å². The molecule has 114 valence electrons. The van der Waals surface area contributed by atoms with Gasteiger partial charge in [0.1, 0.15) is 23.9 Å². The second-order valence-corrected chi connectivity index (χ2v) is 6.30. The van der Waals surface area contributed by atoms with E-state index in [1.807, 2.05) is 25.1 Å². The van der Waals surface area contributed by atoms with Gasteiger partial charge in [0.2, 0.25) is 0 Å². The third kappa shape index (κ3) is 4.60. The average molecular weight is 288 g/mol. The number of aryl methyl sites for hydroxylation is 2. The van der Waals surface area contributed by atoms with Gasteiger partial charge < -0.3 is 14.5 Å². The summed E-state index contributed by atoms with van der Waals surface area (Å²) in [6, 6.07) is 5.82. The van der Waals surface area contributed by atoms with Crippen LogP contribution in [-0.2, 0) is 13.2 Å². The number of ether oxygens (including phenoxy) is 1. The van der Waals surface area contributed by atoms with Crippen LogP contribution in [0.2, 0.25) is 0 Å². The van der Waals surface area contributed by atoms with Crippen molar-refractivity contribution in [1.82, 2.24) is 10.3 Å². The minimum absolute atomic E-state index is 0.0721. The zero-order valence-electron chi connectivity index (χ0n) is 13.5. The Morgan fingerprint density at radius 2 is 2.05 bits per heavy atom. The highest BCUT2D eigenvalue weighted by Crippen LogP contribution is 2.19. The van der Waals surface area contributed by atoms with Crippen LogP contribution in [-0.4, -0.2) is 10.5 Å². The zero-order chi connectivity index (χ0) is 15.5. The fraction of sp³-hybridized carbons (Fsp3) is 0.471. The Hall–Kier alpha value is -1.81. The van der Waals surface area contributed by atoms with Crippen LogP contribution in [0.5, 0.6) is 5.75 Å². The Morgan fingerprint density at radius 3 is 2.71 bits per heavy atom. The van der Waals surface area contributed by atoms with Gasteiger partial charge in [-0.3, -0.25) is 4.98 Å². The highest BCUT2D eigenvalue weighted by molar-refractivity contribution is 5.26. The molecule has 0 bridgehead atoms. The smallest absolute Gasteiger partial charge is 0.146 e. The lowest BCUT2D eigenvalue weighted by molar-refractivity contribution is 0.260. The van der Waals surface area contributed by atoms with Crippen molar-refractivity contribution in [2.24, 2.45) is 0 Å². The number of rotatable bonds is 5. The molecule has 2 heterocycles. The molecule has 0 atom stereocenters. The second-order valence-electron chi connectivity index (χ2n) is 6.30. The van der Waals surface area contributed by atoms with Gasteiger partial charge in [-0.25, -0.2) is 0 Å². The summed E-state index contributed by atoms with van der Waals surface area (Å²) in [5, 5.41) is 3.43. The number of hydrogen-bond donors (Lipinski definition) is 1. The molecule has 0 aromatic carbocycles. The SMILES string of the molecule is Cc1cc(COc2cccnc2C)oc1CNC(C)(C)C. The van der Waals surface area contributed by atoms with E-state index in [1.165, 1.54) is 0 Å². The molecule has 1 N–H and O–H groups in total. The number of furan rings is 1. The largest absolute Gasteiger partial charge is 0.484 e. The van der Waals surface area contributed by atoms with Crippen molar-refractivity contribution in [3.8, 4) is 5.75 Å². The van der Waals surface area contributed by atoms with Crippen LogP contribution in [0.1, 0.15) is 43.5 Å². The first-order valence-electron chi connectivity index (χ1n) is 7.23. The van der Waals surface area contributed by atoms with Crippen molar-refractivity contribution in [2.45, 2.75) is 53.3 Å². The summed E-state index contributed by atoms with van der Waals surface area (Å²) in [4.78, 5) is 4.21. The molecule has 0 aliphatic rings. The maximum atomic E-state index is 5.86. The molecule has 0 unspecified atom stereocenters. The van der Waals surface area contributed by atoms with E-state index in [-0.39, 0.29) is 5.54 Å². The molecule has 2 aromatic rings. The quantitative estimate of drug-likeness (QED) is 0.910. The fourth-order valence-corrected chi connectivity index (χ4v) is 1.95. The Morgan fingerprint density at radius 1 is 1.29 bits per heavy atom. The van der Waals surface area contributed by atoms with E-state index < -0.39 is 0 Å². The summed E-state index contributed by atoms with van der Waals surface area (Å²) in [6.45, 7) is 11.6. The molecule has 0 saturated heterocycles. The molecular weight excluding hydrogens is 264 g/mol. The number of hydrogen-bond acceptors (Lipinski definition) is 4. The van der Waals surface area contributed by atoms with Gasteiger partial charge >= 0.3 is 0 Å². The van der Waals surface area contributed by atoms with Crippen LogP contribution in [0.15, 0.2) is 28.8 Å². The maximum Gasteiger partial charge on any atom is 0.146 e. The molecular formula is C17H24N2O2. The van der Waals surface area contributed by atoms with E-state index in [2.05, 4.69) is 38.0 Å². The van der Waals surface area contributed by atoms with Crippen LogP contribution in [0.3, 0.4) is 0 Å². The van der Waals surface area contributed by atoms with E-state index in [4.69, 9.17) is 9.15 Å². The summed E-state index contributed by atoms with van der Waals surface area (Å²) >= 11 is 0. The standard InChI is InChI=1S/C17H24N2O2/c1-12-9-14(21-16(12)10-19-17(3,4)5)11-20-15-7-6-8-18-13(15)2/h6-9,19H,10-11H2,1-5H3. The van der Waals surface area contributed by atoms with E-state index in [0.717, 1.165) is 35.1 Å². The summed E-state index contributed by atoms with van der Waals surface area (Å²) in [5.41, 5.74) is 2.10. The van der Waals surface area contributed by atoms with E-state index >= 15 is 0 Å². The first-order chi connectivity index (χ1) is 9.85. The lowest BCUT2D eigenvalue weighted by Crippen LogP contribution is -2.35. The molecule has 0 spiro atoms. The van der Waals surface area contributed by atoms with Crippen molar-refractivity contribution < 1.29 is 9.15 Å². The molecule has 0 fully saturated rings. The Labute approximate surface area is 126 Å². The molecule has 0 aliphatic carbocycles.